The smallest absolute Gasteiger partial charge is 0.383 e. The highest BCUT2D eigenvalue weighted by atomic mass is 32.2. The first-order valence-electron chi connectivity index (χ1n) is 10.3. The van der Waals surface area contributed by atoms with E-state index in [1.54, 1.807) is 24.3 Å². The van der Waals surface area contributed by atoms with Crippen molar-refractivity contribution in [3.63, 3.8) is 0 Å². The number of aromatic nitrogens is 2. The topological polar surface area (TPSA) is 147 Å². The van der Waals surface area contributed by atoms with E-state index in [9.17, 15) is 30.8 Å². The van der Waals surface area contributed by atoms with Crippen LogP contribution in [0.1, 0.15) is 12.5 Å². The Kier molecular flexibility index (Phi) is 8.30. The van der Waals surface area contributed by atoms with Crippen LogP contribution < -0.4 is 16.4 Å². The standard InChI is InChI=1S/C20H13F4N5OS.C2H6O3S/c21-14-6-3-11(20(22,23)24)7-15(14)29-19(30)28-12-4-1-10(2-5-12)13-8-31-18-16(13)17(25)26-9-27-18;1-2-6(3,4)5/h1-9H,(H2,25,26,27)(H2,28,29,30);2H2,1H3,(H,3,4,5). The molecule has 4 rings (SSSR count). The number of fused-ring (bicyclic) bond motifs is 1. The van der Waals surface area contributed by atoms with Gasteiger partial charge in [-0.05, 0) is 42.8 Å². The number of carbonyl (C=O) groups excluding carboxylic acids is 1. The van der Waals surface area contributed by atoms with E-state index < -0.39 is 39.4 Å². The molecule has 0 bridgehead atoms. The van der Waals surface area contributed by atoms with Crippen LogP contribution in [0.25, 0.3) is 21.3 Å². The minimum Gasteiger partial charge on any atom is -0.383 e. The van der Waals surface area contributed by atoms with E-state index in [1.807, 2.05) is 5.38 Å². The van der Waals surface area contributed by atoms with Crippen molar-refractivity contribution in [2.75, 3.05) is 22.1 Å². The Hall–Kier alpha value is -3.82. The molecule has 2 aromatic heterocycles. The van der Waals surface area contributed by atoms with E-state index in [2.05, 4.69) is 20.6 Å². The summed E-state index contributed by atoms with van der Waals surface area (Å²) in [6.07, 6.45) is -3.27. The molecular formula is C22H19F4N5O4S2. The van der Waals surface area contributed by atoms with Crippen molar-refractivity contribution in [3.05, 3.63) is 65.6 Å². The second-order valence-electron chi connectivity index (χ2n) is 7.31. The average Bonchev–Trinajstić information content (AvgIpc) is 3.26. The molecule has 4 aromatic rings. The number of urea groups is 1. The lowest BCUT2D eigenvalue weighted by molar-refractivity contribution is -0.137. The molecule has 0 aliphatic heterocycles. The molecule has 0 saturated heterocycles. The number of rotatable bonds is 4. The second kappa shape index (κ2) is 11.1. The van der Waals surface area contributed by atoms with Crippen LogP contribution in [0.15, 0.2) is 54.2 Å². The third kappa shape index (κ3) is 7.34. The molecule has 0 fully saturated rings. The zero-order chi connectivity index (χ0) is 27.4. The summed E-state index contributed by atoms with van der Waals surface area (Å²) in [5.74, 6) is -0.832. The Labute approximate surface area is 212 Å². The van der Waals surface area contributed by atoms with Gasteiger partial charge in [-0.2, -0.15) is 21.6 Å². The maximum atomic E-state index is 13.8. The monoisotopic (exact) mass is 557 g/mol. The maximum Gasteiger partial charge on any atom is 0.416 e. The number of nitrogen functional groups attached to an aromatic ring is 1. The number of hydrogen-bond acceptors (Lipinski definition) is 7. The van der Waals surface area contributed by atoms with Gasteiger partial charge in [0, 0.05) is 16.6 Å². The molecular weight excluding hydrogens is 538 g/mol. The fourth-order valence-electron chi connectivity index (χ4n) is 2.93. The van der Waals surface area contributed by atoms with Gasteiger partial charge in [-0.25, -0.2) is 19.2 Å². The fourth-order valence-corrected chi connectivity index (χ4v) is 3.85. The van der Waals surface area contributed by atoms with Gasteiger partial charge in [0.15, 0.2) is 0 Å². The van der Waals surface area contributed by atoms with Crippen molar-refractivity contribution in [3.8, 4) is 11.1 Å². The van der Waals surface area contributed by atoms with Crippen molar-refractivity contribution in [1.82, 2.24) is 9.97 Å². The van der Waals surface area contributed by atoms with Gasteiger partial charge in [0.1, 0.15) is 22.8 Å². The summed E-state index contributed by atoms with van der Waals surface area (Å²) in [5.41, 5.74) is 6.30. The van der Waals surface area contributed by atoms with Gasteiger partial charge in [0.05, 0.1) is 22.4 Å². The number of thiophene rings is 1. The van der Waals surface area contributed by atoms with Crippen molar-refractivity contribution < 1.29 is 35.3 Å². The number of halogens is 4. The van der Waals surface area contributed by atoms with Gasteiger partial charge in [-0.1, -0.05) is 12.1 Å². The molecule has 0 atom stereocenters. The maximum absolute atomic E-state index is 13.8. The summed E-state index contributed by atoms with van der Waals surface area (Å²) >= 11 is 1.42. The van der Waals surface area contributed by atoms with Crippen molar-refractivity contribution in [2.45, 2.75) is 13.1 Å². The summed E-state index contributed by atoms with van der Waals surface area (Å²) in [7, 11) is -3.66. The molecule has 0 unspecified atom stereocenters. The SMILES string of the molecule is CCS(=O)(=O)O.Nc1ncnc2scc(-c3ccc(NC(=O)Nc4cc(C(F)(F)F)ccc4F)cc3)c12. The van der Waals surface area contributed by atoms with E-state index in [4.69, 9.17) is 10.3 Å². The minimum atomic E-state index is -4.66. The lowest BCUT2D eigenvalue weighted by atomic mass is 10.1. The zero-order valence-electron chi connectivity index (χ0n) is 18.9. The van der Waals surface area contributed by atoms with Crippen LogP contribution >= 0.6 is 11.3 Å². The number of nitrogens with one attached hydrogen (secondary N) is 2. The lowest BCUT2D eigenvalue weighted by Crippen LogP contribution is -2.20. The Bertz CT molecular complexity index is 1520. The summed E-state index contributed by atoms with van der Waals surface area (Å²) in [6.45, 7) is 1.37. The largest absolute Gasteiger partial charge is 0.416 e. The van der Waals surface area contributed by atoms with E-state index in [0.29, 0.717) is 29.7 Å². The van der Waals surface area contributed by atoms with Crippen LogP contribution in [0.2, 0.25) is 0 Å². The molecule has 2 aromatic carbocycles. The number of nitrogens with zero attached hydrogens (tertiary/aromatic N) is 2. The van der Waals surface area contributed by atoms with Crippen molar-refractivity contribution in [2.24, 2.45) is 0 Å². The molecule has 9 nitrogen and oxygen atoms in total. The van der Waals surface area contributed by atoms with Crippen LogP contribution in [0.5, 0.6) is 0 Å². The molecule has 196 valence electrons. The molecule has 2 amide bonds. The van der Waals surface area contributed by atoms with Crippen LogP contribution in [-0.4, -0.2) is 34.7 Å². The molecule has 0 aliphatic carbocycles. The van der Waals surface area contributed by atoms with E-state index in [0.717, 1.165) is 21.3 Å². The van der Waals surface area contributed by atoms with Gasteiger partial charge in [0.2, 0.25) is 0 Å². The Morgan fingerprint density at radius 3 is 2.35 bits per heavy atom. The van der Waals surface area contributed by atoms with Crippen LogP contribution in [0, 0.1) is 5.82 Å². The fraction of sp³-hybridized carbons (Fsp3) is 0.136. The first-order chi connectivity index (χ1) is 17.3. The molecule has 15 heteroatoms. The first-order valence-corrected chi connectivity index (χ1v) is 12.8. The number of hydrogen-bond donors (Lipinski definition) is 4. The molecule has 0 radical (unpaired) electrons. The Balaban J connectivity index is 0.000000568. The number of amides is 2. The Morgan fingerprint density at radius 1 is 1.11 bits per heavy atom. The van der Waals surface area contributed by atoms with Gasteiger partial charge in [-0.15, -0.1) is 11.3 Å². The minimum absolute atomic E-state index is 0.201. The highest BCUT2D eigenvalue weighted by Crippen LogP contribution is 2.36. The number of benzene rings is 2. The highest BCUT2D eigenvalue weighted by Gasteiger charge is 2.31. The summed E-state index contributed by atoms with van der Waals surface area (Å²) in [6, 6.07) is 7.55. The molecule has 0 spiro atoms. The average molecular weight is 558 g/mol. The van der Waals surface area contributed by atoms with Crippen LogP contribution in [0.3, 0.4) is 0 Å². The predicted octanol–water partition coefficient (Wildman–Crippen LogP) is 5.64. The van der Waals surface area contributed by atoms with Crippen LogP contribution in [0.4, 0.5) is 39.5 Å². The first kappa shape index (κ1) is 27.8. The van der Waals surface area contributed by atoms with Gasteiger partial charge in [-0.3, -0.25) is 4.55 Å². The molecule has 37 heavy (non-hydrogen) atoms. The van der Waals surface area contributed by atoms with Gasteiger partial charge >= 0.3 is 12.2 Å². The zero-order valence-corrected chi connectivity index (χ0v) is 20.5. The van der Waals surface area contributed by atoms with E-state index >= 15 is 0 Å². The molecule has 0 saturated carbocycles. The normalized spacial score (nSPS) is 11.5. The van der Waals surface area contributed by atoms with E-state index in [1.165, 1.54) is 24.6 Å². The predicted molar refractivity (Wildman–Crippen MR) is 133 cm³/mol. The Morgan fingerprint density at radius 2 is 1.76 bits per heavy atom. The van der Waals surface area contributed by atoms with E-state index in [-0.39, 0.29) is 5.75 Å². The van der Waals surface area contributed by atoms with Crippen LogP contribution in [-0.2, 0) is 16.3 Å². The molecule has 5 N–H and O–H groups in total. The second-order valence-corrected chi connectivity index (χ2v) is 9.91. The molecule has 2 heterocycles. The third-order valence-corrected chi connectivity index (χ3v) is 6.38. The summed E-state index contributed by atoms with van der Waals surface area (Å²) < 4.78 is 79.1. The number of anilines is 3. The van der Waals surface area contributed by atoms with Crippen molar-refractivity contribution in [1.29, 1.82) is 0 Å². The molecule has 0 aliphatic rings. The summed E-state index contributed by atoms with van der Waals surface area (Å²) in [4.78, 5) is 21.0. The lowest BCUT2D eigenvalue weighted by Gasteiger charge is -2.12. The van der Waals surface area contributed by atoms with Crippen molar-refractivity contribution >= 4 is 54.9 Å². The summed E-state index contributed by atoms with van der Waals surface area (Å²) in [5, 5.41) is 7.16. The number of nitrogens with two attached hydrogens (primary N) is 1. The van der Waals surface area contributed by atoms with Gasteiger partial charge in [0.25, 0.3) is 10.1 Å². The number of carbonyl (C=O) groups is 1. The van der Waals surface area contributed by atoms with Gasteiger partial charge < -0.3 is 16.4 Å². The third-order valence-electron chi connectivity index (χ3n) is 4.76. The number of alkyl halides is 3. The quantitative estimate of drug-likeness (QED) is 0.188. The highest BCUT2D eigenvalue weighted by molar-refractivity contribution is 7.85.